The Morgan fingerprint density at radius 2 is 2.08 bits per heavy atom. The minimum Gasteiger partial charge on any atom is -0.339 e. The van der Waals surface area contributed by atoms with Gasteiger partial charge in [-0.05, 0) is 11.6 Å². The maximum atomic E-state index is 12.6. The number of anilines is 1. The predicted octanol–water partition coefficient (Wildman–Crippen LogP) is 2.22. The number of carbonyl (C=O) groups excluding carboxylic acids is 2. The third kappa shape index (κ3) is 3.54. The van der Waals surface area contributed by atoms with Crippen LogP contribution in [-0.2, 0) is 17.9 Å². The van der Waals surface area contributed by atoms with Crippen molar-refractivity contribution in [3.8, 4) is 0 Å². The summed E-state index contributed by atoms with van der Waals surface area (Å²) in [6.45, 7) is 4.65. The SMILES string of the molecule is CC(C)c1nc(CN(C)C(=O)CN2C(=O)N(C)Cc3ccccc32)no1. The first kappa shape index (κ1) is 17.9. The van der Waals surface area contributed by atoms with Crippen molar-refractivity contribution in [1.29, 1.82) is 0 Å². The minimum absolute atomic E-state index is 0.0361. The highest BCUT2D eigenvalue weighted by molar-refractivity contribution is 5.99. The van der Waals surface area contributed by atoms with Gasteiger partial charge in [0.1, 0.15) is 6.54 Å². The summed E-state index contributed by atoms with van der Waals surface area (Å²) in [6, 6.07) is 7.43. The monoisotopic (exact) mass is 357 g/mol. The lowest BCUT2D eigenvalue weighted by atomic mass is 10.1. The highest BCUT2D eigenvalue weighted by Gasteiger charge is 2.30. The van der Waals surface area contributed by atoms with E-state index in [1.807, 2.05) is 38.1 Å². The Kier molecular flexibility index (Phi) is 4.92. The van der Waals surface area contributed by atoms with Gasteiger partial charge in [-0.25, -0.2) is 4.79 Å². The fourth-order valence-corrected chi connectivity index (χ4v) is 2.82. The first-order valence-electron chi connectivity index (χ1n) is 8.53. The zero-order valence-corrected chi connectivity index (χ0v) is 15.5. The fraction of sp³-hybridized carbons (Fsp3) is 0.444. The molecule has 1 aliphatic rings. The second-order valence-corrected chi connectivity index (χ2v) is 6.81. The molecule has 1 aliphatic heterocycles. The van der Waals surface area contributed by atoms with E-state index in [1.165, 1.54) is 9.80 Å². The van der Waals surface area contributed by atoms with Gasteiger partial charge in [0.05, 0.1) is 12.2 Å². The number of benzene rings is 1. The number of nitrogens with zero attached hydrogens (tertiary/aromatic N) is 5. The van der Waals surface area contributed by atoms with Gasteiger partial charge in [0, 0.05) is 26.6 Å². The molecule has 8 heteroatoms. The Bertz CT molecular complexity index is 817. The van der Waals surface area contributed by atoms with Gasteiger partial charge < -0.3 is 14.3 Å². The number of amides is 3. The molecule has 0 N–H and O–H groups in total. The van der Waals surface area contributed by atoms with Gasteiger partial charge in [-0.15, -0.1) is 0 Å². The Morgan fingerprint density at radius 3 is 2.77 bits per heavy atom. The Labute approximate surface area is 152 Å². The zero-order valence-electron chi connectivity index (χ0n) is 15.5. The number of rotatable bonds is 5. The van der Waals surface area contributed by atoms with E-state index in [0.29, 0.717) is 18.3 Å². The molecule has 1 aromatic carbocycles. The Hall–Kier alpha value is -2.90. The molecule has 0 saturated carbocycles. The minimum atomic E-state index is -0.195. The van der Waals surface area contributed by atoms with Crippen LogP contribution in [0.2, 0.25) is 0 Å². The molecule has 0 saturated heterocycles. The van der Waals surface area contributed by atoms with E-state index in [0.717, 1.165) is 11.3 Å². The Balaban J connectivity index is 1.71. The molecule has 1 aromatic heterocycles. The average Bonchev–Trinajstić information content (AvgIpc) is 3.07. The smallest absolute Gasteiger partial charge is 0.325 e. The fourth-order valence-electron chi connectivity index (χ4n) is 2.82. The molecule has 0 atom stereocenters. The van der Waals surface area contributed by atoms with E-state index in [2.05, 4.69) is 10.1 Å². The van der Waals surface area contributed by atoms with Gasteiger partial charge in [0.2, 0.25) is 11.8 Å². The van der Waals surface area contributed by atoms with Crippen molar-refractivity contribution in [2.45, 2.75) is 32.9 Å². The predicted molar refractivity (Wildman–Crippen MR) is 95.5 cm³/mol. The van der Waals surface area contributed by atoms with Crippen LogP contribution in [0.1, 0.15) is 37.0 Å². The molecule has 8 nitrogen and oxygen atoms in total. The summed E-state index contributed by atoms with van der Waals surface area (Å²) < 4.78 is 5.16. The molecular formula is C18H23N5O3. The summed E-state index contributed by atoms with van der Waals surface area (Å²) in [6.07, 6.45) is 0. The number of para-hydroxylation sites is 1. The Morgan fingerprint density at radius 1 is 1.35 bits per heavy atom. The highest BCUT2D eigenvalue weighted by atomic mass is 16.5. The van der Waals surface area contributed by atoms with Gasteiger partial charge in [0.25, 0.3) is 0 Å². The van der Waals surface area contributed by atoms with E-state index >= 15 is 0 Å². The van der Waals surface area contributed by atoms with Crippen molar-refractivity contribution in [3.05, 3.63) is 41.5 Å². The second-order valence-electron chi connectivity index (χ2n) is 6.81. The van der Waals surface area contributed by atoms with E-state index < -0.39 is 0 Å². The molecular weight excluding hydrogens is 334 g/mol. The lowest BCUT2D eigenvalue weighted by molar-refractivity contribution is -0.129. The van der Waals surface area contributed by atoms with Crippen LogP contribution in [0.15, 0.2) is 28.8 Å². The van der Waals surface area contributed by atoms with Crippen LogP contribution < -0.4 is 4.90 Å². The number of likely N-dealkylation sites (N-methyl/N-ethyl adjacent to an activating group) is 1. The molecule has 0 spiro atoms. The van der Waals surface area contributed by atoms with Crippen molar-refractivity contribution < 1.29 is 14.1 Å². The van der Waals surface area contributed by atoms with Gasteiger partial charge in [-0.1, -0.05) is 37.2 Å². The van der Waals surface area contributed by atoms with Crippen molar-refractivity contribution in [2.24, 2.45) is 0 Å². The molecule has 138 valence electrons. The summed E-state index contributed by atoms with van der Waals surface area (Å²) in [4.78, 5) is 34.1. The highest BCUT2D eigenvalue weighted by Crippen LogP contribution is 2.27. The lowest BCUT2D eigenvalue weighted by Crippen LogP contribution is -2.49. The zero-order chi connectivity index (χ0) is 18.8. The van der Waals surface area contributed by atoms with Crippen LogP contribution in [0.5, 0.6) is 0 Å². The third-order valence-electron chi connectivity index (χ3n) is 4.32. The number of aromatic nitrogens is 2. The normalized spacial score (nSPS) is 14.0. The molecule has 0 aliphatic carbocycles. The van der Waals surface area contributed by atoms with E-state index in [4.69, 9.17) is 4.52 Å². The maximum Gasteiger partial charge on any atom is 0.325 e. The van der Waals surface area contributed by atoms with Crippen LogP contribution in [0, 0.1) is 0 Å². The van der Waals surface area contributed by atoms with Crippen LogP contribution in [0.4, 0.5) is 10.5 Å². The van der Waals surface area contributed by atoms with Crippen molar-refractivity contribution in [3.63, 3.8) is 0 Å². The third-order valence-corrected chi connectivity index (χ3v) is 4.32. The molecule has 26 heavy (non-hydrogen) atoms. The van der Waals surface area contributed by atoms with Gasteiger partial charge in [-0.2, -0.15) is 4.98 Å². The topological polar surface area (TPSA) is 82.8 Å². The maximum absolute atomic E-state index is 12.6. The van der Waals surface area contributed by atoms with Crippen molar-refractivity contribution in [1.82, 2.24) is 19.9 Å². The lowest BCUT2D eigenvalue weighted by Gasteiger charge is -2.35. The van der Waals surface area contributed by atoms with Crippen molar-refractivity contribution in [2.75, 3.05) is 25.5 Å². The number of hydrogen-bond donors (Lipinski definition) is 0. The number of fused-ring (bicyclic) bond motifs is 1. The van der Waals surface area contributed by atoms with E-state index in [9.17, 15) is 9.59 Å². The first-order chi connectivity index (χ1) is 12.4. The molecule has 3 amide bonds. The molecule has 0 bridgehead atoms. The van der Waals surface area contributed by atoms with Gasteiger partial charge in [0.15, 0.2) is 5.82 Å². The van der Waals surface area contributed by atoms with Crippen LogP contribution in [0.3, 0.4) is 0 Å². The average molecular weight is 357 g/mol. The summed E-state index contributed by atoms with van der Waals surface area (Å²) in [7, 11) is 3.39. The molecule has 3 rings (SSSR count). The van der Waals surface area contributed by atoms with E-state index in [1.54, 1.807) is 19.0 Å². The molecule has 2 heterocycles. The quantitative estimate of drug-likeness (QED) is 0.819. The summed E-state index contributed by atoms with van der Waals surface area (Å²) in [5, 5.41) is 3.90. The van der Waals surface area contributed by atoms with Gasteiger partial charge in [-0.3, -0.25) is 9.69 Å². The summed E-state index contributed by atoms with van der Waals surface area (Å²) in [5.41, 5.74) is 1.80. The molecule has 0 unspecified atom stereocenters. The molecule has 0 radical (unpaired) electrons. The number of urea groups is 1. The second kappa shape index (κ2) is 7.15. The first-order valence-corrected chi connectivity index (χ1v) is 8.53. The van der Waals surface area contributed by atoms with Crippen LogP contribution in [-0.4, -0.2) is 52.5 Å². The van der Waals surface area contributed by atoms with E-state index in [-0.39, 0.29) is 30.9 Å². The summed E-state index contributed by atoms with van der Waals surface area (Å²) in [5.74, 6) is 0.935. The standard InChI is InChI=1S/C18H23N5O3/c1-12(2)17-19-15(20-26-17)10-21(3)16(24)11-23-14-8-6-5-7-13(14)9-22(4)18(23)25/h5-8,12H,9-11H2,1-4H3. The van der Waals surface area contributed by atoms with Crippen molar-refractivity contribution >= 4 is 17.6 Å². The molecule has 2 aromatic rings. The summed E-state index contributed by atoms with van der Waals surface area (Å²) >= 11 is 0. The van der Waals surface area contributed by atoms with Crippen LogP contribution >= 0.6 is 0 Å². The van der Waals surface area contributed by atoms with Crippen LogP contribution in [0.25, 0.3) is 0 Å². The van der Waals surface area contributed by atoms with Gasteiger partial charge >= 0.3 is 6.03 Å². The largest absolute Gasteiger partial charge is 0.339 e. The number of hydrogen-bond acceptors (Lipinski definition) is 5. The molecule has 0 fully saturated rings. The number of carbonyl (C=O) groups is 2.